The zero-order chi connectivity index (χ0) is 20.7. The number of likely N-dealkylation sites (tertiary alicyclic amines) is 1. The van der Waals surface area contributed by atoms with Gasteiger partial charge in [-0.05, 0) is 53.8 Å². The number of aliphatic hydroxyl groups is 1. The van der Waals surface area contributed by atoms with E-state index in [0.29, 0.717) is 32.0 Å². The summed E-state index contributed by atoms with van der Waals surface area (Å²) in [4.78, 5) is 18.3. The fourth-order valence-corrected chi connectivity index (χ4v) is 4.07. The van der Waals surface area contributed by atoms with Gasteiger partial charge in [0.15, 0.2) is 5.96 Å². The monoisotopic (exact) mass is 542 g/mol. The number of halogens is 1. The zero-order valence-electron chi connectivity index (χ0n) is 17.6. The van der Waals surface area contributed by atoms with Crippen molar-refractivity contribution in [1.29, 1.82) is 0 Å². The van der Waals surface area contributed by atoms with Crippen molar-refractivity contribution in [3.05, 3.63) is 57.8 Å². The summed E-state index contributed by atoms with van der Waals surface area (Å²) in [5.41, 5.74) is 2.19. The molecule has 1 aromatic heterocycles. The van der Waals surface area contributed by atoms with Crippen molar-refractivity contribution in [2.75, 3.05) is 19.6 Å². The SMILES string of the molecule is CCNC(=NCc1ccc(CN2CCCC2=O)cc1)NCC(C)(O)c1ccsc1.I. The van der Waals surface area contributed by atoms with Crippen LogP contribution in [0.5, 0.6) is 0 Å². The van der Waals surface area contributed by atoms with Gasteiger partial charge in [0.2, 0.25) is 5.91 Å². The molecule has 2 aromatic rings. The van der Waals surface area contributed by atoms with E-state index in [1.807, 2.05) is 28.7 Å². The summed E-state index contributed by atoms with van der Waals surface area (Å²) >= 11 is 1.57. The van der Waals surface area contributed by atoms with Crippen molar-refractivity contribution < 1.29 is 9.90 Å². The van der Waals surface area contributed by atoms with Gasteiger partial charge >= 0.3 is 0 Å². The van der Waals surface area contributed by atoms with Crippen molar-refractivity contribution in [1.82, 2.24) is 15.5 Å². The highest BCUT2D eigenvalue weighted by Gasteiger charge is 2.23. The molecule has 0 radical (unpaired) electrons. The first kappa shape index (κ1) is 24.6. The van der Waals surface area contributed by atoms with Gasteiger partial charge < -0.3 is 20.6 Å². The number of rotatable bonds is 8. The Bertz CT molecular complexity index is 822. The number of hydrogen-bond donors (Lipinski definition) is 3. The summed E-state index contributed by atoms with van der Waals surface area (Å²) in [5.74, 6) is 0.924. The zero-order valence-corrected chi connectivity index (χ0v) is 20.7. The van der Waals surface area contributed by atoms with E-state index in [-0.39, 0.29) is 29.9 Å². The molecule has 1 atom stereocenters. The summed E-state index contributed by atoms with van der Waals surface area (Å²) in [5, 5.41) is 21.1. The first-order chi connectivity index (χ1) is 14.0. The number of carbonyl (C=O) groups is 1. The maximum Gasteiger partial charge on any atom is 0.222 e. The fourth-order valence-electron chi connectivity index (χ4n) is 3.28. The largest absolute Gasteiger partial charge is 0.384 e. The molecule has 1 aliphatic heterocycles. The molecular formula is C22H31IN4O2S. The van der Waals surface area contributed by atoms with Crippen molar-refractivity contribution in [3.63, 3.8) is 0 Å². The Hall–Kier alpha value is -1.65. The van der Waals surface area contributed by atoms with Crippen LogP contribution in [0.25, 0.3) is 0 Å². The van der Waals surface area contributed by atoms with E-state index in [1.54, 1.807) is 18.3 Å². The number of carbonyl (C=O) groups excluding carboxylic acids is 1. The molecular weight excluding hydrogens is 511 g/mol. The van der Waals surface area contributed by atoms with Crippen LogP contribution in [0.4, 0.5) is 0 Å². The molecule has 3 rings (SSSR count). The Labute approximate surface area is 199 Å². The van der Waals surface area contributed by atoms with Crippen LogP contribution in [-0.2, 0) is 23.5 Å². The highest BCUT2D eigenvalue weighted by atomic mass is 127. The van der Waals surface area contributed by atoms with Gasteiger partial charge in [-0.2, -0.15) is 11.3 Å². The predicted molar refractivity (Wildman–Crippen MR) is 133 cm³/mol. The minimum atomic E-state index is -0.954. The molecule has 164 valence electrons. The summed E-state index contributed by atoms with van der Waals surface area (Å²) < 4.78 is 0. The van der Waals surface area contributed by atoms with E-state index in [0.717, 1.165) is 36.2 Å². The quantitative estimate of drug-likeness (QED) is 0.272. The summed E-state index contributed by atoms with van der Waals surface area (Å²) in [7, 11) is 0. The minimum Gasteiger partial charge on any atom is -0.384 e. The van der Waals surface area contributed by atoms with Gasteiger partial charge in [0, 0.05) is 26.1 Å². The van der Waals surface area contributed by atoms with Crippen LogP contribution in [0.3, 0.4) is 0 Å². The van der Waals surface area contributed by atoms with E-state index in [9.17, 15) is 9.90 Å². The smallest absolute Gasteiger partial charge is 0.222 e. The van der Waals surface area contributed by atoms with Crippen molar-refractivity contribution >= 4 is 47.2 Å². The van der Waals surface area contributed by atoms with Gasteiger partial charge in [0.25, 0.3) is 0 Å². The average Bonchev–Trinajstić information content (AvgIpc) is 3.38. The van der Waals surface area contributed by atoms with Gasteiger partial charge in [0.1, 0.15) is 5.60 Å². The maximum absolute atomic E-state index is 11.8. The van der Waals surface area contributed by atoms with Gasteiger partial charge in [-0.25, -0.2) is 4.99 Å². The highest BCUT2D eigenvalue weighted by molar-refractivity contribution is 14.0. The molecule has 0 saturated carbocycles. The summed E-state index contributed by atoms with van der Waals surface area (Å²) in [6.45, 7) is 7.02. The summed E-state index contributed by atoms with van der Waals surface area (Å²) in [6.07, 6.45) is 1.64. The third-order valence-electron chi connectivity index (χ3n) is 5.07. The molecule has 1 unspecified atom stereocenters. The number of aliphatic imine (C=N–C) groups is 1. The van der Waals surface area contributed by atoms with E-state index in [2.05, 4.69) is 39.9 Å². The summed E-state index contributed by atoms with van der Waals surface area (Å²) in [6, 6.07) is 10.2. The van der Waals surface area contributed by atoms with Crippen LogP contribution in [0.2, 0.25) is 0 Å². The first-order valence-corrected chi connectivity index (χ1v) is 11.0. The van der Waals surface area contributed by atoms with Crippen LogP contribution in [0.1, 0.15) is 43.4 Å². The van der Waals surface area contributed by atoms with Crippen LogP contribution in [0, 0.1) is 0 Å². The molecule has 0 spiro atoms. The predicted octanol–water partition coefficient (Wildman–Crippen LogP) is 3.45. The van der Waals surface area contributed by atoms with Crippen LogP contribution < -0.4 is 10.6 Å². The maximum atomic E-state index is 11.8. The van der Waals surface area contributed by atoms with Gasteiger partial charge in [-0.3, -0.25) is 4.79 Å². The van der Waals surface area contributed by atoms with Crippen LogP contribution in [0.15, 0.2) is 46.1 Å². The number of nitrogens with one attached hydrogen (secondary N) is 2. The Morgan fingerprint density at radius 3 is 2.57 bits per heavy atom. The lowest BCUT2D eigenvalue weighted by Gasteiger charge is -2.24. The number of thiophene rings is 1. The lowest BCUT2D eigenvalue weighted by molar-refractivity contribution is -0.128. The number of nitrogens with zero attached hydrogens (tertiary/aromatic N) is 2. The Morgan fingerprint density at radius 1 is 1.23 bits per heavy atom. The van der Waals surface area contributed by atoms with E-state index in [1.165, 1.54) is 0 Å². The Morgan fingerprint density at radius 2 is 1.97 bits per heavy atom. The second-order valence-corrected chi connectivity index (χ2v) is 8.35. The van der Waals surface area contributed by atoms with E-state index >= 15 is 0 Å². The number of hydrogen-bond acceptors (Lipinski definition) is 4. The van der Waals surface area contributed by atoms with Crippen molar-refractivity contribution in [2.24, 2.45) is 4.99 Å². The number of guanidine groups is 1. The Kier molecular flexibility index (Phi) is 9.57. The first-order valence-electron chi connectivity index (χ1n) is 10.1. The van der Waals surface area contributed by atoms with Crippen molar-refractivity contribution in [2.45, 2.75) is 45.4 Å². The van der Waals surface area contributed by atoms with E-state index < -0.39 is 5.60 Å². The second-order valence-electron chi connectivity index (χ2n) is 7.57. The second kappa shape index (κ2) is 11.7. The molecule has 3 N–H and O–H groups in total. The normalized spacial score (nSPS) is 16.2. The molecule has 1 saturated heterocycles. The lowest BCUT2D eigenvalue weighted by Crippen LogP contribution is -2.44. The molecule has 8 heteroatoms. The Balaban J connectivity index is 0.00000320. The molecule has 0 bridgehead atoms. The molecule has 2 heterocycles. The van der Waals surface area contributed by atoms with Gasteiger partial charge in [-0.1, -0.05) is 24.3 Å². The van der Waals surface area contributed by atoms with Gasteiger partial charge in [0.05, 0.1) is 13.1 Å². The highest BCUT2D eigenvalue weighted by Crippen LogP contribution is 2.22. The minimum absolute atomic E-state index is 0. The molecule has 1 fully saturated rings. The molecule has 6 nitrogen and oxygen atoms in total. The fraction of sp³-hybridized carbons (Fsp3) is 0.455. The van der Waals surface area contributed by atoms with E-state index in [4.69, 9.17) is 0 Å². The number of amides is 1. The topological polar surface area (TPSA) is 77.0 Å². The van der Waals surface area contributed by atoms with Gasteiger partial charge in [-0.15, -0.1) is 24.0 Å². The molecule has 1 aromatic carbocycles. The molecule has 0 aliphatic carbocycles. The average molecular weight is 542 g/mol. The molecule has 1 amide bonds. The van der Waals surface area contributed by atoms with Crippen LogP contribution in [-0.4, -0.2) is 41.5 Å². The standard InChI is InChI=1S/C22H30N4O2S.HI/c1-3-23-21(25-16-22(2,28)19-10-12-29-15-19)24-13-17-6-8-18(9-7-17)14-26-11-4-5-20(26)27;/h6-10,12,15,28H,3-5,11,13-14,16H2,1-2H3,(H2,23,24,25);1H. The molecule has 30 heavy (non-hydrogen) atoms. The third-order valence-corrected chi connectivity index (χ3v) is 5.76. The van der Waals surface area contributed by atoms with Crippen LogP contribution >= 0.6 is 35.3 Å². The van der Waals surface area contributed by atoms with Crippen molar-refractivity contribution in [3.8, 4) is 0 Å². The lowest BCUT2D eigenvalue weighted by atomic mass is 9.99. The molecule has 1 aliphatic rings. The number of benzene rings is 1. The third kappa shape index (κ3) is 6.95.